The molecule has 4 aromatic rings. The van der Waals surface area contributed by atoms with Crippen molar-refractivity contribution in [1.82, 2.24) is 0 Å². The van der Waals surface area contributed by atoms with Crippen molar-refractivity contribution >= 4 is 54.5 Å². The van der Waals surface area contributed by atoms with Crippen LogP contribution in [-0.4, -0.2) is 67.1 Å². The molecule has 0 aliphatic rings. The van der Waals surface area contributed by atoms with E-state index in [-0.39, 0.29) is 0 Å². The highest BCUT2D eigenvalue weighted by Crippen LogP contribution is 2.53. The standard InChI is InChI=1S/C32H36Br2O6S2/c1-21-27(23-5-9-25(10-6-23)39-19-17-37-15-13-35-3)29(41-31(21)33)30-28(22(2)32(34)42-30)24-7-11-26(12-8-24)40-20-18-38-16-14-36-4/h5-12H,13-20H2,1-4H3. The second-order valence-corrected chi connectivity index (χ2v) is 14.0. The predicted molar refractivity (Wildman–Crippen MR) is 180 cm³/mol. The van der Waals surface area contributed by atoms with Gasteiger partial charge in [0.05, 0.1) is 57.0 Å². The maximum absolute atomic E-state index is 5.88. The molecule has 0 bridgehead atoms. The summed E-state index contributed by atoms with van der Waals surface area (Å²) >= 11 is 11.2. The first-order valence-corrected chi connectivity index (χ1v) is 16.8. The minimum absolute atomic E-state index is 0.495. The van der Waals surface area contributed by atoms with Crippen molar-refractivity contribution in [2.45, 2.75) is 13.8 Å². The van der Waals surface area contributed by atoms with Crippen molar-refractivity contribution < 1.29 is 28.4 Å². The lowest BCUT2D eigenvalue weighted by Crippen LogP contribution is -2.09. The quantitative estimate of drug-likeness (QED) is 0.101. The predicted octanol–water partition coefficient (Wildman–Crippen LogP) is 9.04. The number of hydrogen-bond donors (Lipinski definition) is 0. The molecule has 2 aromatic heterocycles. The fourth-order valence-electron chi connectivity index (χ4n) is 4.35. The molecule has 0 saturated heterocycles. The van der Waals surface area contributed by atoms with Crippen LogP contribution in [0, 0.1) is 13.8 Å². The van der Waals surface area contributed by atoms with Crippen LogP contribution in [0.4, 0.5) is 0 Å². The van der Waals surface area contributed by atoms with Crippen molar-refractivity contribution in [3.63, 3.8) is 0 Å². The van der Waals surface area contributed by atoms with E-state index >= 15 is 0 Å². The van der Waals surface area contributed by atoms with Gasteiger partial charge >= 0.3 is 0 Å². The summed E-state index contributed by atoms with van der Waals surface area (Å²) in [5.41, 5.74) is 7.20. The first-order valence-electron chi connectivity index (χ1n) is 13.6. The monoisotopic (exact) mass is 738 g/mol. The van der Waals surface area contributed by atoms with Crippen molar-refractivity contribution in [3.05, 3.63) is 67.2 Å². The third-order valence-corrected chi connectivity index (χ3v) is 11.0. The Balaban J connectivity index is 1.53. The van der Waals surface area contributed by atoms with Gasteiger partial charge in [-0.1, -0.05) is 24.3 Å². The number of benzene rings is 2. The second kappa shape index (κ2) is 16.9. The van der Waals surface area contributed by atoms with Gasteiger partial charge in [-0.05, 0) is 92.2 Å². The van der Waals surface area contributed by atoms with Crippen LogP contribution >= 0.6 is 54.5 Å². The number of hydrogen-bond acceptors (Lipinski definition) is 8. The van der Waals surface area contributed by atoms with Crippen molar-refractivity contribution in [3.8, 4) is 43.5 Å². The van der Waals surface area contributed by atoms with Gasteiger partial charge in [0, 0.05) is 25.3 Å². The number of methoxy groups -OCH3 is 2. The SMILES string of the molecule is COCCOCCOc1ccc(-c2c(-c3sc(Br)c(C)c3-c3ccc(OCCOCCOC)cc3)sc(Br)c2C)cc1. The van der Waals surface area contributed by atoms with Gasteiger partial charge in [0.2, 0.25) is 0 Å². The molecule has 4 rings (SSSR count). The molecule has 2 heterocycles. The number of rotatable bonds is 17. The fraction of sp³-hybridized carbons (Fsp3) is 0.375. The smallest absolute Gasteiger partial charge is 0.119 e. The van der Waals surface area contributed by atoms with E-state index in [0.29, 0.717) is 52.9 Å². The van der Waals surface area contributed by atoms with Gasteiger partial charge in [-0.15, -0.1) is 22.7 Å². The Bertz CT molecular complexity index is 1290. The first-order chi connectivity index (χ1) is 20.4. The lowest BCUT2D eigenvalue weighted by Gasteiger charge is -2.11. The molecule has 0 N–H and O–H groups in total. The topological polar surface area (TPSA) is 55.4 Å². The lowest BCUT2D eigenvalue weighted by molar-refractivity contribution is 0.0544. The van der Waals surface area contributed by atoms with Crippen LogP contribution in [0.1, 0.15) is 11.1 Å². The molecule has 42 heavy (non-hydrogen) atoms. The highest BCUT2D eigenvalue weighted by atomic mass is 79.9. The normalized spacial score (nSPS) is 11.3. The molecule has 0 atom stereocenters. The minimum atomic E-state index is 0.495. The van der Waals surface area contributed by atoms with E-state index in [9.17, 15) is 0 Å². The van der Waals surface area contributed by atoms with E-state index in [1.54, 1.807) is 36.9 Å². The minimum Gasteiger partial charge on any atom is -0.491 e. The average molecular weight is 741 g/mol. The molecule has 0 saturated carbocycles. The highest BCUT2D eigenvalue weighted by Gasteiger charge is 2.24. The molecule has 0 fully saturated rings. The second-order valence-electron chi connectivity index (χ2n) is 9.37. The summed E-state index contributed by atoms with van der Waals surface area (Å²) in [6.07, 6.45) is 0. The average Bonchev–Trinajstić information content (AvgIpc) is 3.47. The summed E-state index contributed by atoms with van der Waals surface area (Å²) in [5.74, 6) is 1.64. The Morgan fingerprint density at radius 1 is 0.524 bits per heavy atom. The molecule has 2 aromatic carbocycles. The Morgan fingerprint density at radius 3 is 1.24 bits per heavy atom. The summed E-state index contributed by atoms with van der Waals surface area (Å²) in [6, 6.07) is 16.6. The largest absolute Gasteiger partial charge is 0.491 e. The molecule has 0 radical (unpaired) electrons. The van der Waals surface area contributed by atoms with Crippen molar-refractivity contribution in [2.75, 3.05) is 67.1 Å². The zero-order chi connectivity index (χ0) is 29.9. The van der Waals surface area contributed by atoms with E-state index in [4.69, 9.17) is 28.4 Å². The maximum atomic E-state index is 5.88. The van der Waals surface area contributed by atoms with Crippen LogP contribution in [0.5, 0.6) is 11.5 Å². The fourth-order valence-corrected chi connectivity index (χ4v) is 7.97. The van der Waals surface area contributed by atoms with Gasteiger partial charge in [0.15, 0.2) is 0 Å². The summed E-state index contributed by atoms with van der Waals surface area (Å²) in [7, 11) is 3.33. The molecule has 0 unspecified atom stereocenters. The molecule has 0 amide bonds. The van der Waals surface area contributed by atoms with Crippen LogP contribution in [0.25, 0.3) is 32.0 Å². The van der Waals surface area contributed by atoms with Crippen LogP contribution in [0.15, 0.2) is 56.1 Å². The Hall–Kier alpha value is -1.76. The number of thiophene rings is 2. The van der Waals surface area contributed by atoms with Crippen LogP contribution < -0.4 is 9.47 Å². The molecule has 10 heteroatoms. The van der Waals surface area contributed by atoms with Crippen molar-refractivity contribution in [2.24, 2.45) is 0 Å². The summed E-state index contributed by atoms with van der Waals surface area (Å²) in [5, 5.41) is 0. The van der Waals surface area contributed by atoms with Crippen LogP contribution in [0.3, 0.4) is 0 Å². The van der Waals surface area contributed by atoms with Crippen LogP contribution in [-0.2, 0) is 18.9 Å². The van der Waals surface area contributed by atoms with E-state index in [1.807, 2.05) is 24.3 Å². The van der Waals surface area contributed by atoms with E-state index in [1.165, 1.54) is 32.0 Å². The molecule has 226 valence electrons. The van der Waals surface area contributed by atoms with Gasteiger partial charge in [0.25, 0.3) is 0 Å². The molecule has 0 aliphatic carbocycles. The molecule has 6 nitrogen and oxygen atoms in total. The van der Waals surface area contributed by atoms with Gasteiger partial charge in [0.1, 0.15) is 24.7 Å². The molecule has 0 aliphatic heterocycles. The molecule has 0 spiro atoms. The maximum Gasteiger partial charge on any atom is 0.119 e. The molecular weight excluding hydrogens is 704 g/mol. The highest BCUT2D eigenvalue weighted by molar-refractivity contribution is 9.11. The van der Waals surface area contributed by atoms with Crippen LogP contribution in [0.2, 0.25) is 0 Å². The Kier molecular flexibility index (Phi) is 13.3. The summed E-state index contributed by atoms with van der Waals surface area (Å²) < 4.78 is 35.0. The summed E-state index contributed by atoms with van der Waals surface area (Å²) in [4.78, 5) is 2.48. The van der Waals surface area contributed by atoms with Gasteiger partial charge in [-0.2, -0.15) is 0 Å². The first kappa shape index (κ1) is 33.1. The Morgan fingerprint density at radius 2 is 0.881 bits per heavy atom. The zero-order valence-corrected chi connectivity index (χ0v) is 29.1. The van der Waals surface area contributed by atoms with E-state index in [0.717, 1.165) is 30.2 Å². The van der Waals surface area contributed by atoms with E-state index in [2.05, 4.69) is 70.0 Å². The lowest BCUT2D eigenvalue weighted by atomic mass is 9.97. The Labute approximate surface area is 273 Å². The third kappa shape index (κ3) is 8.66. The van der Waals surface area contributed by atoms with Gasteiger partial charge in [-0.25, -0.2) is 0 Å². The molecular formula is C32H36Br2O6S2. The zero-order valence-electron chi connectivity index (χ0n) is 24.3. The third-order valence-electron chi connectivity index (χ3n) is 6.53. The van der Waals surface area contributed by atoms with Gasteiger partial charge in [-0.3, -0.25) is 0 Å². The van der Waals surface area contributed by atoms with Gasteiger partial charge < -0.3 is 28.4 Å². The van der Waals surface area contributed by atoms with Crippen molar-refractivity contribution in [1.29, 1.82) is 0 Å². The van der Waals surface area contributed by atoms with E-state index < -0.39 is 0 Å². The summed E-state index contributed by atoms with van der Waals surface area (Å²) in [6.45, 7) is 8.68. The number of halogens is 2. The number of ether oxygens (including phenoxy) is 6.